The minimum atomic E-state index is 0.432. The summed E-state index contributed by atoms with van der Waals surface area (Å²) in [5.74, 6) is 0.436. The lowest BCUT2D eigenvalue weighted by atomic mass is 10.2. The van der Waals surface area contributed by atoms with Gasteiger partial charge in [-0.3, -0.25) is 4.98 Å². The van der Waals surface area contributed by atoms with Gasteiger partial charge in [-0.15, -0.1) is 21.5 Å². The number of pyridine rings is 1. The molecule has 6 nitrogen and oxygen atoms in total. The minimum absolute atomic E-state index is 0.432. The van der Waals surface area contributed by atoms with Crippen LogP contribution in [0.4, 0.5) is 0 Å². The number of rotatable bonds is 4. The zero-order valence-corrected chi connectivity index (χ0v) is 15.4. The lowest BCUT2D eigenvalue weighted by molar-refractivity contribution is 0.465. The molecule has 0 unspecified atom stereocenters. The average molecular weight is 389 g/mol. The van der Waals surface area contributed by atoms with E-state index >= 15 is 0 Å². The number of hydrogen-bond donors (Lipinski definition) is 0. The monoisotopic (exact) mass is 389 g/mol. The van der Waals surface area contributed by atoms with E-state index in [1.807, 2.05) is 30.3 Å². The molecule has 0 aliphatic heterocycles. The molecular formula is C19H11N5OS2. The molecule has 1 aromatic carbocycles. The summed E-state index contributed by atoms with van der Waals surface area (Å²) in [4.78, 5) is 15.0. The Labute approximate surface area is 162 Å². The topological polar surface area (TPSA) is 77.6 Å². The van der Waals surface area contributed by atoms with Crippen molar-refractivity contribution in [1.29, 1.82) is 0 Å². The van der Waals surface area contributed by atoms with Gasteiger partial charge in [0.1, 0.15) is 16.2 Å². The normalized spacial score (nSPS) is 11.1. The maximum atomic E-state index is 5.76. The Kier molecular flexibility index (Phi) is 4.11. The van der Waals surface area contributed by atoms with Crippen molar-refractivity contribution in [2.24, 2.45) is 0 Å². The first-order valence-electron chi connectivity index (χ1n) is 8.08. The van der Waals surface area contributed by atoms with Crippen molar-refractivity contribution in [1.82, 2.24) is 25.1 Å². The minimum Gasteiger partial charge on any atom is -0.411 e. The Morgan fingerprint density at radius 3 is 2.67 bits per heavy atom. The molecule has 0 aliphatic rings. The lowest BCUT2D eigenvalue weighted by Gasteiger charge is -1.97. The zero-order valence-electron chi connectivity index (χ0n) is 13.8. The highest BCUT2D eigenvalue weighted by Crippen LogP contribution is 2.38. The summed E-state index contributed by atoms with van der Waals surface area (Å²) in [6, 6.07) is 16.0. The van der Waals surface area contributed by atoms with Gasteiger partial charge >= 0.3 is 0 Å². The van der Waals surface area contributed by atoms with Gasteiger partial charge < -0.3 is 4.42 Å². The van der Waals surface area contributed by atoms with E-state index in [1.165, 1.54) is 11.8 Å². The SMILES string of the molecule is c1ccc(-c2cc3c(Sc4nnc(-c5cccnc5)o4)ncnc3s2)cc1. The van der Waals surface area contributed by atoms with Crippen LogP contribution in [0.3, 0.4) is 0 Å². The number of nitrogens with zero attached hydrogens (tertiary/aromatic N) is 5. The van der Waals surface area contributed by atoms with E-state index in [0.29, 0.717) is 11.1 Å². The van der Waals surface area contributed by atoms with Crippen LogP contribution in [0.15, 0.2) is 81.9 Å². The van der Waals surface area contributed by atoms with Gasteiger partial charge in [0.25, 0.3) is 5.22 Å². The van der Waals surface area contributed by atoms with Crippen LogP contribution in [-0.4, -0.2) is 25.1 Å². The Morgan fingerprint density at radius 1 is 0.926 bits per heavy atom. The molecule has 0 saturated heterocycles. The standard InChI is InChI=1S/C19H11N5OS2/c1-2-5-12(6-3-1)15-9-14-17(26-15)21-11-22-18(14)27-19-24-23-16(25-19)13-7-4-8-20-10-13/h1-11H. The number of aromatic nitrogens is 5. The summed E-state index contributed by atoms with van der Waals surface area (Å²) >= 11 is 2.97. The molecule has 0 atom stereocenters. The molecule has 130 valence electrons. The third-order valence-corrected chi connectivity index (χ3v) is 5.80. The Bertz CT molecular complexity index is 1200. The summed E-state index contributed by atoms with van der Waals surface area (Å²) in [5.41, 5.74) is 1.94. The average Bonchev–Trinajstić information content (AvgIpc) is 3.37. The molecule has 0 bridgehead atoms. The highest BCUT2D eigenvalue weighted by Gasteiger charge is 2.15. The van der Waals surface area contributed by atoms with Crippen molar-refractivity contribution < 1.29 is 4.42 Å². The fraction of sp³-hybridized carbons (Fsp3) is 0. The van der Waals surface area contributed by atoms with E-state index in [0.717, 1.165) is 31.2 Å². The molecule has 0 fully saturated rings. The molecule has 0 aliphatic carbocycles. The first-order valence-corrected chi connectivity index (χ1v) is 9.72. The van der Waals surface area contributed by atoms with Crippen LogP contribution in [0.2, 0.25) is 0 Å². The molecule has 0 saturated carbocycles. The van der Waals surface area contributed by atoms with Crippen molar-refractivity contribution in [3.63, 3.8) is 0 Å². The quantitative estimate of drug-likeness (QED) is 0.402. The number of hydrogen-bond acceptors (Lipinski definition) is 8. The van der Waals surface area contributed by atoms with Gasteiger partial charge in [0.05, 0.1) is 5.56 Å². The van der Waals surface area contributed by atoms with E-state index in [4.69, 9.17) is 4.42 Å². The van der Waals surface area contributed by atoms with E-state index in [2.05, 4.69) is 43.3 Å². The van der Waals surface area contributed by atoms with E-state index < -0.39 is 0 Å². The summed E-state index contributed by atoms with van der Waals surface area (Å²) < 4.78 is 5.76. The molecule has 5 aromatic rings. The van der Waals surface area contributed by atoms with Gasteiger partial charge in [0, 0.05) is 22.7 Å². The second-order valence-corrected chi connectivity index (χ2v) is 7.56. The molecule has 0 amide bonds. The predicted molar refractivity (Wildman–Crippen MR) is 105 cm³/mol. The highest BCUT2D eigenvalue weighted by atomic mass is 32.2. The predicted octanol–water partition coefficient (Wildman–Crippen LogP) is 4.95. The first kappa shape index (κ1) is 16.1. The molecule has 4 heterocycles. The van der Waals surface area contributed by atoms with Crippen LogP contribution in [0.25, 0.3) is 32.1 Å². The summed E-state index contributed by atoms with van der Waals surface area (Å²) in [7, 11) is 0. The molecule has 0 radical (unpaired) electrons. The van der Waals surface area contributed by atoms with Crippen LogP contribution in [0.5, 0.6) is 0 Å². The van der Waals surface area contributed by atoms with Crippen LogP contribution >= 0.6 is 23.1 Å². The maximum Gasteiger partial charge on any atom is 0.283 e. The number of thiophene rings is 1. The number of fused-ring (bicyclic) bond motifs is 1. The summed E-state index contributed by atoms with van der Waals surface area (Å²) in [5, 5.41) is 10.4. The molecule has 4 aromatic heterocycles. The summed E-state index contributed by atoms with van der Waals surface area (Å²) in [6.45, 7) is 0. The van der Waals surface area contributed by atoms with Crippen LogP contribution in [0, 0.1) is 0 Å². The number of benzene rings is 1. The second kappa shape index (κ2) is 6.90. The molecule has 0 N–H and O–H groups in total. The Hall–Kier alpha value is -3.10. The maximum absolute atomic E-state index is 5.76. The van der Waals surface area contributed by atoms with Crippen LogP contribution in [-0.2, 0) is 0 Å². The zero-order chi connectivity index (χ0) is 18.1. The molecule has 0 spiro atoms. The largest absolute Gasteiger partial charge is 0.411 e. The van der Waals surface area contributed by atoms with E-state index in [-0.39, 0.29) is 0 Å². The highest BCUT2D eigenvalue weighted by molar-refractivity contribution is 7.99. The fourth-order valence-electron chi connectivity index (χ4n) is 2.60. The molecule has 27 heavy (non-hydrogen) atoms. The smallest absolute Gasteiger partial charge is 0.283 e. The van der Waals surface area contributed by atoms with E-state index in [9.17, 15) is 0 Å². The van der Waals surface area contributed by atoms with E-state index in [1.54, 1.807) is 30.1 Å². The Morgan fingerprint density at radius 2 is 1.81 bits per heavy atom. The van der Waals surface area contributed by atoms with Crippen molar-refractivity contribution in [2.75, 3.05) is 0 Å². The molecule has 5 rings (SSSR count). The first-order chi connectivity index (χ1) is 13.4. The van der Waals surface area contributed by atoms with Gasteiger partial charge in [0.15, 0.2) is 0 Å². The van der Waals surface area contributed by atoms with Crippen molar-refractivity contribution in [3.8, 4) is 21.9 Å². The van der Waals surface area contributed by atoms with Crippen LogP contribution in [0.1, 0.15) is 0 Å². The third-order valence-electron chi connectivity index (χ3n) is 3.85. The second-order valence-electron chi connectivity index (χ2n) is 5.59. The van der Waals surface area contributed by atoms with Gasteiger partial charge in [-0.25, -0.2) is 9.97 Å². The Balaban J connectivity index is 1.49. The fourth-order valence-corrected chi connectivity index (χ4v) is 4.40. The van der Waals surface area contributed by atoms with Gasteiger partial charge in [0.2, 0.25) is 5.89 Å². The van der Waals surface area contributed by atoms with Crippen molar-refractivity contribution in [2.45, 2.75) is 10.2 Å². The van der Waals surface area contributed by atoms with Crippen molar-refractivity contribution in [3.05, 3.63) is 67.3 Å². The lowest BCUT2D eigenvalue weighted by Crippen LogP contribution is -1.83. The van der Waals surface area contributed by atoms with Gasteiger partial charge in [-0.1, -0.05) is 30.3 Å². The van der Waals surface area contributed by atoms with Crippen molar-refractivity contribution >= 4 is 33.3 Å². The van der Waals surface area contributed by atoms with Crippen LogP contribution < -0.4 is 0 Å². The van der Waals surface area contributed by atoms with Gasteiger partial charge in [-0.05, 0) is 35.5 Å². The van der Waals surface area contributed by atoms with Gasteiger partial charge in [-0.2, -0.15) is 0 Å². The third kappa shape index (κ3) is 3.20. The molecular weight excluding hydrogens is 378 g/mol. The summed E-state index contributed by atoms with van der Waals surface area (Å²) in [6.07, 6.45) is 4.96. The molecule has 8 heteroatoms.